The molecule has 78 valence electrons. The first-order valence-corrected chi connectivity index (χ1v) is 5.16. The second-order valence-electron chi connectivity index (χ2n) is 3.27. The Balaban J connectivity index is 3.41. The van der Waals surface area contributed by atoms with Crippen LogP contribution in [0.4, 0.5) is 5.69 Å². The van der Waals surface area contributed by atoms with Crippen LogP contribution >= 0.6 is 0 Å². The van der Waals surface area contributed by atoms with Crippen LogP contribution in [0.5, 0.6) is 0 Å². The monoisotopic (exact) mass is 199 g/mol. The molecule has 0 spiro atoms. The highest BCUT2D eigenvalue weighted by Gasteiger charge is 2.06. The third-order valence-electron chi connectivity index (χ3n) is 2.53. The number of hydrogen-bond donors (Lipinski definition) is 0. The molecule has 0 fully saturated rings. The maximum atomic E-state index is 4.00. The van der Waals surface area contributed by atoms with Crippen molar-refractivity contribution in [2.24, 2.45) is 4.99 Å². The van der Waals surface area contributed by atoms with E-state index < -0.39 is 0 Å². The van der Waals surface area contributed by atoms with Crippen molar-refractivity contribution in [1.82, 2.24) is 0 Å². The van der Waals surface area contributed by atoms with Crippen LogP contribution in [0.3, 0.4) is 0 Å². The lowest BCUT2D eigenvalue weighted by molar-refractivity contribution is 1.23. The Morgan fingerprint density at radius 3 is 2.67 bits per heavy atom. The Labute approximate surface area is 91.9 Å². The molecule has 0 aliphatic heterocycles. The van der Waals surface area contributed by atoms with E-state index in [1.165, 1.54) is 11.1 Å². The molecule has 0 aliphatic carbocycles. The van der Waals surface area contributed by atoms with Gasteiger partial charge in [-0.25, -0.2) is 0 Å². The molecule has 0 aliphatic rings. The first-order valence-electron chi connectivity index (χ1n) is 5.16. The average Bonchev–Trinajstić information content (AvgIpc) is 2.30. The standard InChI is InChI=1S/C14H17N/c1-5-11(6-2)13-9-8-10-14(15-4)12(13)7-3/h5,7-10H,3-4,6H2,1-2H3/b11-5+. The van der Waals surface area contributed by atoms with Gasteiger partial charge in [0.05, 0.1) is 5.69 Å². The van der Waals surface area contributed by atoms with Crippen molar-refractivity contribution in [2.45, 2.75) is 20.3 Å². The third-order valence-corrected chi connectivity index (χ3v) is 2.53. The lowest BCUT2D eigenvalue weighted by Gasteiger charge is -2.10. The second-order valence-corrected chi connectivity index (χ2v) is 3.27. The van der Waals surface area contributed by atoms with E-state index in [0.29, 0.717) is 0 Å². The summed E-state index contributed by atoms with van der Waals surface area (Å²) >= 11 is 0. The molecular formula is C14H17N. The summed E-state index contributed by atoms with van der Waals surface area (Å²) in [6.45, 7) is 11.6. The minimum Gasteiger partial charge on any atom is -0.264 e. The lowest BCUT2D eigenvalue weighted by Crippen LogP contribution is -1.88. The van der Waals surface area contributed by atoms with Crippen molar-refractivity contribution < 1.29 is 0 Å². The maximum Gasteiger partial charge on any atom is 0.0700 e. The normalized spacial score (nSPS) is 11.2. The highest BCUT2D eigenvalue weighted by molar-refractivity contribution is 5.80. The molecular weight excluding hydrogens is 182 g/mol. The molecule has 1 rings (SSSR count). The van der Waals surface area contributed by atoms with E-state index >= 15 is 0 Å². The van der Waals surface area contributed by atoms with Crippen LogP contribution in [0.1, 0.15) is 31.4 Å². The summed E-state index contributed by atoms with van der Waals surface area (Å²) in [4.78, 5) is 4.00. The van der Waals surface area contributed by atoms with Gasteiger partial charge in [0.1, 0.15) is 0 Å². The zero-order valence-electron chi connectivity index (χ0n) is 9.46. The summed E-state index contributed by atoms with van der Waals surface area (Å²) in [5, 5.41) is 0. The molecule has 0 saturated carbocycles. The van der Waals surface area contributed by atoms with Crippen molar-refractivity contribution in [1.29, 1.82) is 0 Å². The topological polar surface area (TPSA) is 12.4 Å². The van der Waals surface area contributed by atoms with Gasteiger partial charge in [-0.3, -0.25) is 4.99 Å². The van der Waals surface area contributed by atoms with Crippen LogP contribution in [0.2, 0.25) is 0 Å². The van der Waals surface area contributed by atoms with Crippen LogP contribution in [-0.2, 0) is 0 Å². The van der Waals surface area contributed by atoms with Gasteiger partial charge in [-0.05, 0) is 37.3 Å². The highest BCUT2D eigenvalue weighted by atomic mass is 14.7. The number of aliphatic imine (C=N–C) groups is 1. The van der Waals surface area contributed by atoms with E-state index in [9.17, 15) is 0 Å². The molecule has 1 heteroatoms. The first-order chi connectivity index (χ1) is 7.28. The molecule has 0 amide bonds. The van der Waals surface area contributed by atoms with E-state index in [4.69, 9.17) is 0 Å². The van der Waals surface area contributed by atoms with Crippen LogP contribution in [0, 0.1) is 0 Å². The van der Waals surface area contributed by atoms with Gasteiger partial charge in [-0.1, -0.05) is 37.8 Å². The van der Waals surface area contributed by atoms with Crippen LogP contribution in [0.15, 0.2) is 35.8 Å². The Hall–Kier alpha value is -1.63. The van der Waals surface area contributed by atoms with E-state index in [2.05, 4.69) is 44.3 Å². The van der Waals surface area contributed by atoms with Gasteiger partial charge in [-0.15, -0.1) is 0 Å². The van der Waals surface area contributed by atoms with Crippen molar-refractivity contribution in [3.05, 3.63) is 42.0 Å². The summed E-state index contributed by atoms with van der Waals surface area (Å²) in [6.07, 6.45) is 4.99. The van der Waals surface area contributed by atoms with Crippen molar-refractivity contribution >= 4 is 24.1 Å². The quantitative estimate of drug-likeness (QED) is 0.634. The fourth-order valence-electron chi connectivity index (χ4n) is 1.74. The van der Waals surface area contributed by atoms with Gasteiger partial charge in [0.25, 0.3) is 0 Å². The molecule has 15 heavy (non-hydrogen) atoms. The van der Waals surface area contributed by atoms with Crippen LogP contribution in [0.25, 0.3) is 11.6 Å². The van der Waals surface area contributed by atoms with E-state index in [-0.39, 0.29) is 0 Å². The number of benzene rings is 1. The molecule has 1 nitrogen and oxygen atoms in total. The molecule has 0 N–H and O–H groups in total. The third kappa shape index (κ3) is 2.24. The minimum atomic E-state index is 0.898. The molecule has 0 radical (unpaired) electrons. The zero-order valence-corrected chi connectivity index (χ0v) is 9.46. The summed E-state index contributed by atoms with van der Waals surface area (Å²) < 4.78 is 0. The predicted octanol–water partition coefficient (Wildman–Crippen LogP) is 4.48. The van der Waals surface area contributed by atoms with Crippen molar-refractivity contribution in [2.75, 3.05) is 0 Å². The summed E-state index contributed by atoms with van der Waals surface area (Å²) in [5.41, 5.74) is 4.49. The van der Waals surface area contributed by atoms with Gasteiger partial charge in [0.2, 0.25) is 0 Å². The Morgan fingerprint density at radius 1 is 1.47 bits per heavy atom. The Bertz CT molecular complexity index is 400. The summed E-state index contributed by atoms with van der Waals surface area (Å²) in [5.74, 6) is 0. The smallest absolute Gasteiger partial charge is 0.0700 e. The van der Waals surface area contributed by atoms with Crippen molar-refractivity contribution in [3.8, 4) is 0 Å². The van der Waals surface area contributed by atoms with Gasteiger partial charge in [0, 0.05) is 5.56 Å². The fourth-order valence-corrected chi connectivity index (χ4v) is 1.74. The number of hydrogen-bond acceptors (Lipinski definition) is 1. The van der Waals surface area contributed by atoms with Gasteiger partial charge >= 0.3 is 0 Å². The van der Waals surface area contributed by atoms with E-state index in [1.54, 1.807) is 0 Å². The van der Waals surface area contributed by atoms with E-state index in [0.717, 1.165) is 17.7 Å². The zero-order chi connectivity index (χ0) is 11.3. The predicted molar refractivity (Wildman–Crippen MR) is 69.7 cm³/mol. The molecule has 0 unspecified atom stereocenters. The second kappa shape index (κ2) is 5.30. The largest absolute Gasteiger partial charge is 0.264 e. The molecule has 0 atom stereocenters. The molecule has 0 saturated heterocycles. The Kier molecular flexibility index (Phi) is 4.04. The van der Waals surface area contributed by atoms with E-state index in [1.807, 2.05) is 18.2 Å². The average molecular weight is 199 g/mol. The van der Waals surface area contributed by atoms with Gasteiger partial charge in [-0.2, -0.15) is 0 Å². The molecule has 1 aromatic rings. The van der Waals surface area contributed by atoms with Crippen LogP contribution in [-0.4, -0.2) is 6.72 Å². The lowest BCUT2D eigenvalue weighted by atomic mass is 9.96. The highest BCUT2D eigenvalue weighted by Crippen LogP contribution is 2.30. The molecule has 0 bridgehead atoms. The number of allylic oxidation sites excluding steroid dienone is 2. The van der Waals surface area contributed by atoms with Crippen molar-refractivity contribution in [3.63, 3.8) is 0 Å². The maximum absolute atomic E-state index is 4.00. The molecule has 0 heterocycles. The summed E-state index contributed by atoms with van der Waals surface area (Å²) in [7, 11) is 0. The van der Waals surface area contributed by atoms with Gasteiger partial charge < -0.3 is 0 Å². The molecule has 1 aromatic carbocycles. The number of nitrogens with zero attached hydrogens (tertiary/aromatic N) is 1. The minimum absolute atomic E-state index is 0.898. The molecule has 0 aromatic heterocycles. The summed E-state index contributed by atoms with van der Waals surface area (Å²) in [6, 6.07) is 6.06. The number of rotatable bonds is 4. The Morgan fingerprint density at radius 2 is 2.20 bits per heavy atom. The fraction of sp³-hybridized carbons (Fsp3) is 0.214. The van der Waals surface area contributed by atoms with Gasteiger partial charge in [0.15, 0.2) is 0 Å². The van der Waals surface area contributed by atoms with Crippen LogP contribution < -0.4 is 0 Å². The SMILES string of the molecule is C=Cc1c(N=C)cccc1/C(=C/C)CC. The first kappa shape index (κ1) is 11.4.